The summed E-state index contributed by atoms with van der Waals surface area (Å²) in [5, 5.41) is 0. The van der Waals surface area contributed by atoms with Crippen LogP contribution in [0.25, 0.3) is 28.2 Å². The number of pyridine rings is 1. The lowest BCUT2D eigenvalue weighted by Gasteiger charge is -2.13. The summed E-state index contributed by atoms with van der Waals surface area (Å²) in [6.07, 6.45) is -5.34. The Bertz CT molecular complexity index is 1160. The van der Waals surface area contributed by atoms with E-state index in [4.69, 9.17) is 0 Å². The van der Waals surface area contributed by atoms with Crippen LogP contribution in [0, 0.1) is 0 Å². The maximum atomic E-state index is 13.6. The molecular formula is C19H10F6N4. The molecule has 0 saturated heterocycles. The van der Waals surface area contributed by atoms with Crippen LogP contribution in [0.5, 0.6) is 0 Å². The first-order chi connectivity index (χ1) is 13.6. The fourth-order valence-electron chi connectivity index (χ4n) is 2.88. The molecule has 1 aromatic carbocycles. The number of fused-ring (bicyclic) bond motifs is 1. The summed E-state index contributed by atoms with van der Waals surface area (Å²) in [7, 11) is 0. The molecule has 29 heavy (non-hydrogen) atoms. The molecule has 0 aliphatic carbocycles. The second kappa shape index (κ2) is 6.57. The highest BCUT2D eigenvalue weighted by molar-refractivity contribution is 5.76. The first kappa shape index (κ1) is 18.9. The van der Waals surface area contributed by atoms with Crippen LogP contribution in [-0.2, 0) is 12.4 Å². The Morgan fingerprint density at radius 3 is 2.00 bits per heavy atom. The zero-order valence-corrected chi connectivity index (χ0v) is 14.3. The van der Waals surface area contributed by atoms with Crippen molar-refractivity contribution in [1.82, 2.24) is 19.4 Å². The zero-order chi connectivity index (χ0) is 20.8. The third kappa shape index (κ3) is 3.53. The molecular weight excluding hydrogens is 398 g/mol. The highest BCUT2D eigenvalue weighted by Gasteiger charge is 2.35. The van der Waals surface area contributed by atoms with Gasteiger partial charge in [-0.25, -0.2) is 9.97 Å². The lowest BCUT2D eigenvalue weighted by Crippen LogP contribution is -2.12. The molecule has 3 heterocycles. The van der Waals surface area contributed by atoms with Crippen molar-refractivity contribution in [1.29, 1.82) is 0 Å². The molecule has 0 amide bonds. The van der Waals surface area contributed by atoms with Crippen LogP contribution < -0.4 is 0 Å². The Balaban J connectivity index is 1.93. The minimum Gasteiger partial charge on any atom is -0.278 e. The van der Waals surface area contributed by atoms with Crippen molar-refractivity contribution in [2.75, 3.05) is 0 Å². The lowest BCUT2D eigenvalue weighted by atomic mass is 10.1. The van der Waals surface area contributed by atoms with Crippen LogP contribution in [-0.4, -0.2) is 19.4 Å². The molecule has 0 bridgehead atoms. The maximum Gasteiger partial charge on any atom is 0.431 e. The van der Waals surface area contributed by atoms with Crippen LogP contribution in [0.1, 0.15) is 11.3 Å². The van der Waals surface area contributed by atoms with Gasteiger partial charge in [0.25, 0.3) is 0 Å². The van der Waals surface area contributed by atoms with E-state index in [-0.39, 0.29) is 22.6 Å². The molecule has 148 valence electrons. The van der Waals surface area contributed by atoms with Gasteiger partial charge in [0.2, 0.25) is 0 Å². The van der Waals surface area contributed by atoms with Gasteiger partial charge in [0, 0.05) is 23.5 Å². The number of aromatic nitrogens is 4. The van der Waals surface area contributed by atoms with Crippen molar-refractivity contribution in [3.05, 3.63) is 72.4 Å². The predicted molar refractivity (Wildman–Crippen MR) is 91.7 cm³/mol. The number of benzene rings is 1. The second-order valence-electron chi connectivity index (χ2n) is 6.12. The number of hydrogen-bond donors (Lipinski definition) is 0. The highest BCUT2D eigenvalue weighted by Crippen LogP contribution is 2.35. The number of halogens is 6. The van der Waals surface area contributed by atoms with E-state index in [1.807, 2.05) is 0 Å². The smallest absolute Gasteiger partial charge is 0.278 e. The second-order valence-corrected chi connectivity index (χ2v) is 6.12. The molecule has 0 radical (unpaired) electrons. The van der Waals surface area contributed by atoms with E-state index < -0.39 is 23.6 Å². The van der Waals surface area contributed by atoms with Gasteiger partial charge in [0.15, 0.2) is 5.65 Å². The van der Waals surface area contributed by atoms with Crippen molar-refractivity contribution >= 4 is 5.65 Å². The Labute approximate surface area is 159 Å². The molecule has 10 heteroatoms. The fraction of sp³-hybridized carbons (Fsp3) is 0.105. The van der Waals surface area contributed by atoms with Crippen LogP contribution >= 0.6 is 0 Å². The summed E-state index contributed by atoms with van der Waals surface area (Å²) in [5.74, 6) is 0. The van der Waals surface area contributed by atoms with E-state index in [0.29, 0.717) is 5.56 Å². The standard InChI is InChI=1S/C19H10F6N4/c20-18(21,22)13-3-1-11(2-4-13)14-9-15(19(23,24)25)29-10-27-16(17(29)28-14)12-5-7-26-8-6-12/h1-10H. The quantitative estimate of drug-likeness (QED) is 0.412. The summed E-state index contributed by atoms with van der Waals surface area (Å²) < 4.78 is 79.9. The molecule has 0 saturated carbocycles. The van der Waals surface area contributed by atoms with Gasteiger partial charge < -0.3 is 0 Å². The summed E-state index contributed by atoms with van der Waals surface area (Å²) >= 11 is 0. The van der Waals surface area contributed by atoms with Crippen molar-refractivity contribution in [2.45, 2.75) is 12.4 Å². The van der Waals surface area contributed by atoms with Crippen LogP contribution in [0.15, 0.2) is 61.2 Å². The lowest BCUT2D eigenvalue weighted by molar-refractivity contribution is -0.142. The predicted octanol–water partition coefficient (Wildman–Crippen LogP) is 5.50. The molecule has 0 unspecified atom stereocenters. The minimum absolute atomic E-state index is 0.0686. The highest BCUT2D eigenvalue weighted by atomic mass is 19.4. The fourth-order valence-corrected chi connectivity index (χ4v) is 2.88. The normalized spacial score (nSPS) is 12.5. The monoisotopic (exact) mass is 408 g/mol. The number of imidazole rings is 1. The molecule has 4 aromatic rings. The van der Waals surface area contributed by atoms with Gasteiger partial charge in [0.1, 0.15) is 17.7 Å². The molecule has 0 fully saturated rings. The van der Waals surface area contributed by atoms with Crippen molar-refractivity contribution < 1.29 is 26.3 Å². The summed E-state index contributed by atoms with van der Waals surface area (Å²) in [6.45, 7) is 0. The number of nitrogens with zero attached hydrogens (tertiary/aromatic N) is 4. The summed E-state index contributed by atoms with van der Waals surface area (Å²) in [6, 6.07) is 7.70. The van der Waals surface area contributed by atoms with E-state index in [0.717, 1.165) is 41.1 Å². The number of rotatable bonds is 2. The third-order valence-electron chi connectivity index (χ3n) is 4.25. The van der Waals surface area contributed by atoms with E-state index in [1.54, 1.807) is 12.1 Å². The molecule has 0 N–H and O–H groups in total. The Hall–Kier alpha value is -3.43. The van der Waals surface area contributed by atoms with Crippen molar-refractivity contribution in [2.24, 2.45) is 0 Å². The SMILES string of the molecule is FC(F)(F)c1ccc(-c2cc(C(F)(F)F)n3cnc(-c4ccncc4)c3n2)cc1. The van der Waals surface area contributed by atoms with E-state index in [1.165, 1.54) is 12.4 Å². The van der Waals surface area contributed by atoms with Gasteiger partial charge in [0.05, 0.1) is 11.3 Å². The van der Waals surface area contributed by atoms with Gasteiger partial charge in [-0.1, -0.05) is 12.1 Å². The largest absolute Gasteiger partial charge is 0.431 e. The van der Waals surface area contributed by atoms with E-state index in [9.17, 15) is 26.3 Å². The molecule has 0 aliphatic rings. The van der Waals surface area contributed by atoms with Crippen LogP contribution in [0.3, 0.4) is 0 Å². The van der Waals surface area contributed by atoms with Crippen LogP contribution in [0.2, 0.25) is 0 Å². The molecule has 0 spiro atoms. The number of hydrogen-bond acceptors (Lipinski definition) is 3. The van der Waals surface area contributed by atoms with Gasteiger partial charge >= 0.3 is 12.4 Å². The minimum atomic E-state index is -4.72. The van der Waals surface area contributed by atoms with Crippen LogP contribution in [0.4, 0.5) is 26.3 Å². The van der Waals surface area contributed by atoms with Crippen molar-refractivity contribution in [3.8, 4) is 22.5 Å². The van der Waals surface area contributed by atoms with E-state index >= 15 is 0 Å². The first-order valence-corrected chi connectivity index (χ1v) is 8.18. The Kier molecular flexibility index (Phi) is 4.29. The molecule has 4 rings (SSSR count). The van der Waals surface area contributed by atoms with Gasteiger partial charge in [-0.15, -0.1) is 0 Å². The summed E-state index contributed by atoms with van der Waals surface area (Å²) in [4.78, 5) is 12.1. The topological polar surface area (TPSA) is 43.1 Å². The van der Waals surface area contributed by atoms with Gasteiger partial charge in [-0.05, 0) is 30.3 Å². The average Bonchev–Trinajstić information content (AvgIpc) is 3.10. The molecule has 3 aromatic heterocycles. The third-order valence-corrected chi connectivity index (χ3v) is 4.25. The summed E-state index contributed by atoms with van der Waals surface area (Å²) in [5.41, 5.74) is -1.30. The van der Waals surface area contributed by atoms with Gasteiger partial charge in [-0.3, -0.25) is 9.38 Å². The molecule has 0 atom stereocenters. The zero-order valence-electron chi connectivity index (χ0n) is 14.3. The Morgan fingerprint density at radius 1 is 0.759 bits per heavy atom. The van der Waals surface area contributed by atoms with E-state index in [2.05, 4.69) is 15.0 Å². The van der Waals surface area contributed by atoms with Crippen molar-refractivity contribution in [3.63, 3.8) is 0 Å². The van der Waals surface area contributed by atoms with Gasteiger partial charge in [-0.2, -0.15) is 26.3 Å². The molecule has 4 nitrogen and oxygen atoms in total. The Morgan fingerprint density at radius 2 is 1.41 bits per heavy atom. The maximum absolute atomic E-state index is 13.6. The average molecular weight is 408 g/mol. The first-order valence-electron chi connectivity index (χ1n) is 8.18. The number of alkyl halides is 6. The molecule has 0 aliphatic heterocycles.